The van der Waals surface area contributed by atoms with Gasteiger partial charge in [0, 0.05) is 51.4 Å². The van der Waals surface area contributed by atoms with Gasteiger partial charge in [0.05, 0.1) is 6.26 Å². The van der Waals surface area contributed by atoms with E-state index in [1.807, 2.05) is 24.9 Å². The van der Waals surface area contributed by atoms with Crippen LogP contribution >= 0.6 is 11.6 Å². The first-order valence-electron chi connectivity index (χ1n) is 9.23. The highest BCUT2D eigenvalue weighted by Crippen LogP contribution is 2.29. The SMILES string of the molecule is Cc1cc(-c2nn(C)c(Cl)c2CN2CCCN(C(=O)c3ccco3)CC2)no1. The highest BCUT2D eigenvalue weighted by atomic mass is 35.5. The fraction of sp³-hybridized carbons (Fsp3) is 0.421. The van der Waals surface area contributed by atoms with Crippen molar-refractivity contribution in [2.24, 2.45) is 7.05 Å². The molecular formula is C19H22ClN5O3. The molecular weight excluding hydrogens is 382 g/mol. The van der Waals surface area contributed by atoms with Crippen LogP contribution in [0, 0.1) is 6.92 Å². The molecule has 28 heavy (non-hydrogen) atoms. The number of rotatable bonds is 4. The summed E-state index contributed by atoms with van der Waals surface area (Å²) in [5.41, 5.74) is 2.33. The fourth-order valence-corrected chi connectivity index (χ4v) is 3.67. The molecule has 0 atom stereocenters. The lowest BCUT2D eigenvalue weighted by molar-refractivity contribution is 0.0729. The molecule has 1 aliphatic heterocycles. The van der Waals surface area contributed by atoms with Gasteiger partial charge in [0.2, 0.25) is 0 Å². The monoisotopic (exact) mass is 403 g/mol. The first-order valence-corrected chi connectivity index (χ1v) is 9.61. The van der Waals surface area contributed by atoms with Crippen molar-refractivity contribution >= 4 is 17.5 Å². The number of hydrogen-bond donors (Lipinski definition) is 0. The summed E-state index contributed by atoms with van der Waals surface area (Å²) >= 11 is 6.52. The molecule has 0 spiro atoms. The van der Waals surface area contributed by atoms with Crippen LogP contribution in [0.5, 0.6) is 0 Å². The minimum Gasteiger partial charge on any atom is -0.459 e. The van der Waals surface area contributed by atoms with Gasteiger partial charge >= 0.3 is 0 Å². The third kappa shape index (κ3) is 3.70. The molecule has 1 fully saturated rings. The van der Waals surface area contributed by atoms with Gasteiger partial charge in [-0.15, -0.1) is 0 Å². The first kappa shape index (κ1) is 18.8. The maximum Gasteiger partial charge on any atom is 0.289 e. The van der Waals surface area contributed by atoms with E-state index >= 15 is 0 Å². The molecule has 0 aliphatic carbocycles. The van der Waals surface area contributed by atoms with Gasteiger partial charge in [0.25, 0.3) is 5.91 Å². The maximum atomic E-state index is 12.5. The molecule has 0 N–H and O–H groups in total. The van der Waals surface area contributed by atoms with Crippen molar-refractivity contribution in [1.82, 2.24) is 24.7 Å². The maximum absolute atomic E-state index is 12.5. The van der Waals surface area contributed by atoms with Crippen molar-refractivity contribution in [3.63, 3.8) is 0 Å². The van der Waals surface area contributed by atoms with Crippen molar-refractivity contribution < 1.29 is 13.7 Å². The lowest BCUT2D eigenvalue weighted by Crippen LogP contribution is -2.35. The van der Waals surface area contributed by atoms with Gasteiger partial charge in [-0.05, 0) is 25.5 Å². The Kier molecular flexibility index (Phi) is 5.23. The Morgan fingerprint density at radius 2 is 2.14 bits per heavy atom. The number of furan rings is 1. The van der Waals surface area contributed by atoms with Crippen molar-refractivity contribution in [2.45, 2.75) is 19.9 Å². The zero-order chi connectivity index (χ0) is 19.7. The lowest BCUT2D eigenvalue weighted by atomic mass is 10.1. The molecule has 3 aromatic heterocycles. The molecule has 0 aromatic carbocycles. The van der Waals surface area contributed by atoms with Crippen LogP contribution in [0.3, 0.4) is 0 Å². The third-order valence-electron chi connectivity index (χ3n) is 4.93. The van der Waals surface area contributed by atoms with E-state index in [2.05, 4.69) is 15.2 Å². The van der Waals surface area contributed by atoms with E-state index in [0.717, 1.165) is 36.5 Å². The van der Waals surface area contributed by atoms with Gasteiger partial charge < -0.3 is 13.8 Å². The number of carbonyl (C=O) groups is 1. The van der Waals surface area contributed by atoms with E-state index in [9.17, 15) is 4.79 Å². The fourth-order valence-electron chi connectivity index (χ4n) is 3.48. The Morgan fingerprint density at radius 3 is 2.86 bits per heavy atom. The quantitative estimate of drug-likeness (QED) is 0.666. The second-order valence-electron chi connectivity index (χ2n) is 6.96. The summed E-state index contributed by atoms with van der Waals surface area (Å²) in [4.78, 5) is 16.7. The van der Waals surface area contributed by atoms with Crippen LogP contribution in [-0.2, 0) is 13.6 Å². The number of amides is 1. The molecule has 0 unspecified atom stereocenters. The average Bonchev–Trinajstić information content (AvgIpc) is 3.37. The molecule has 3 aromatic rings. The molecule has 0 radical (unpaired) electrons. The molecule has 148 valence electrons. The summed E-state index contributed by atoms with van der Waals surface area (Å²) in [7, 11) is 1.81. The highest BCUT2D eigenvalue weighted by molar-refractivity contribution is 6.30. The van der Waals surface area contributed by atoms with Gasteiger partial charge in [-0.2, -0.15) is 5.10 Å². The van der Waals surface area contributed by atoms with Crippen LogP contribution in [-0.4, -0.2) is 56.8 Å². The number of halogens is 1. The molecule has 0 bridgehead atoms. The molecule has 1 saturated heterocycles. The van der Waals surface area contributed by atoms with E-state index in [1.165, 1.54) is 6.26 Å². The van der Waals surface area contributed by atoms with Crippen LogP contribution in [0.25, 0.3) is 11.4 Å². The smallest absolute Gasteiger partial charge is 0.289 e. The largest absolute Gasteiger partial charge is 0.459 e. The molecule has 1 amide bonds. The van der Waals surface area contributed by atoms with E-state index in [-0.39, 0.29) is 5.91 Å². The van der Waals surface area contributed by atoms with Crippen LogP contribution < -0.4 is 0 Å². The molecule has 8 nitrogen and oxygen atoms in total. The first-order chi connectivity index (χ1) is 13.5. The Labute approximate surface area is 167 Å². The van der Waals surface area contributed by atoms with Crippen LogP contribution in [0.15, 0.2) is 33.4 Å². The van der Waals surface area contributed by atoms with Gasteiger partial charge in [-0.3, -0.25) is 14.4 Å². The number of aryl methyl sites for hydroxylation is 2. The number of aromatic nitrogens is 3. The summed E-state index contributed by atoms with van der Waals surface area (Å²) in [6.45, 7) is 5.43. The summed E-state index contributed by atoms with van der Waals surface area (Å²) in [5.74, 6) is 1.04. The van der Waals surface area contributed by atoms with Gasteiger partial charge in [-0.25, -0.2) is 0 Å². The Balaban J connectivity index is 1.49. The Bertz CT molecular complexity index is 963. The second kappa shape index (κ2) is 7.81. The zero-order valence-electron chi connectivity index (χ0n) is 15.9. The molecule has 1 aliphatic rings. The minimum atomic E-state index is -0.0648. The van der Waals surface area contributed by atoms with Crippen LogP contribution in [0.1, 0.15) is 28.3 Å². The van der Waals surface area contributed by atoms with E-state index < -0.39 is 0 Å². The minimum absolute atomic E-state index is 0.0648. The van der Waals surface area contributed by atoms with Crippen molar-refractivity contribution in [2.75, 3.05) is 26.2 Å². The highest BCUT2D eigenvalue weighted by Gasteiger charge is 2.25. The average molecular weight is 404 g/mol. The second-order valence-corrected chi connectivity index (χ2v) is 7.32. The summed E-state index contributed by atoms with van der Waals surface area (Å²) in [6, 6.07) is 5.29. The molecule has 4 rings (SSSR count). The third-order valence-corrected chi connectivity index (χ3v) is 5.40. The molecule has 0 saturated carbocycles. The van der Waals surface area contributed by atoms with Crippen molar-refractivity contribution in [1.29, 1.82) is 0 Å². The van der Waals surface area contributed by atoms with E-state index in [4.69, 9.17) is 20.5 Å². The van der Waals surface area contributed by atoms with E-state index in [1.54, 1.807) is 16.8 Å². The molecule has 9 heteroatoms. The van der Waals surface area contributed by atoms with Crippen molar-refractivity contribution in [3.8, 4) is 11.4 Å². The van der Waals surface area contributed by atoms with Crippen molar-refractivity contribution in [3.05, 3.63) is 46.7 Å². The Hall–Kier alpha value is -2.58. The van der Waals surface area contributed by atoms with Gasteiger partial charge in [0.15, 0.2) is 5.76 Å². The zero-order valence-corrected chi connectivity index (χ0v) is 16.6. The predicted molar refractivity (Wildman–Crippen MR) is 103 cm³/mol. The summed E-state index contributed by atoms with van der Waals surface area (Å²) in [6.07, 6.45) is 2.40. The van der Waals surface area contributed by atoms with Crippen LogP contribution in [0.4, 0.5) is 0 Å². The summed E-state index contributed by atoms with van der Waals surface area (Å²) < 4.78 is 12.1. The Morgan fingerprint density at radius 1 is 1.29 bits per heavy atom. The normalized spacial score (nSPS) is 15.8. The number of carbonyl (C=O) groups excluding carboxylic acids is 1. The van der Waals surface area contributed by atoms with Crippen LogP contribution in [0.2, 0.25) is 5.15 Å². The standard InChI is InChI=1S/C19H22ClN5O3/c1-13-11-15(22-28-13)17-14(18(20)23(2)21-17)12-24-6-4-7-25(9-8-24)19(26)16-5-3-10-27-16/h3,5,10-11H,4,6-9,12H2,1-2H3. The summed E-state index contributed by atoms with van der Waals surface area (Å²) in [5, 5.41) is 9.19. The van der Waals surface area contributed by atoms with Gasteiger partial charge in [0.1, 0.15) is 22.3 Å². The topological polar surface area (TPSA) is 80.5 Å². The predicted octanol–water partition coefficient (Wildman–Crippen LogP) is 2.98. The lowest BCUT2D eigenvalue weighted by Gasteiger charge is -2.21. The molecule has 4 heterocycles. The number of nitrogens with zero attached hydrogens (tertiary/aromatic N) is 5. The number of hydrogen-bond acceptors (Lipinski definition) is 6. The van der Waals surface area contributed by atoms with E-state index in [0.29, 0.717) is 36.2 Å². The van der Waals surface area contributed by atoms with Gasteiger partial charge in [-0.1, -0.05) is 16.8 Å².